The van der Waals surface area contributed by atoms with Crippen molar-refractivity contribution in [3.8, 4) is 0 Å². The van der Waals surface area contributed by atoms with E-state index in [1.165, 1.54) is 11.3 Å². The SMILES string of the molecule is CC(NC(=O)c1cscn1)c1ccc(NC(N)=O)cc1. The number of rotatable bonds is 4. The highest BCUT2D eigenvalue weighted by Gasteiger charge is 2.12. The van der Waals surface area contributed by atoms with E-state index in [1.54, 1.807) is 23.0 Å². The monoisotopic (exact) mass is 290 g/mol. The van der Waals surface area contributed by atoms with Gasteiger partial charge in [-0.05, 0) is 24.6 Å². The molecule has 0 saturated carbocycles. The summed E-state index contributed by atoms with van der Waals surface area (Å²) in [5.41, 5.74) is 8.59. The summed E-state index contributed by atoms with van der Waals surface area (Å²) in [5.74, 6) is -0.210. The van der Waals surface area contributed by atoms with Gasteiger partial charge < -0.3 is 16.4 Å². The van der Waals surface area contributed by atoms with E-state index in [4.69, 9.17) is 5.73 Å². The van der Waals surface area contributed by atoms with E-state index in [0.29, 0.717) is 11.4 Å². The van der Waals surface area contributed by atoms with E-state index in [1.807, 2.05) is 19.1 Å². The molecule has 6 nitrogen and oxygen atoms in total. The van der Waals surface area contributed by atoms with Gasteiger partial charge in [0.25, 0.3) is 5.91 Å². The predicted octanol–water partition coefficient (Wildman–Crippen LogP) is 2.12. The highest BCUT2D eigenvalue weighted by atomic mass is 32.1. The molecule has 2 aromatic rings. The maximum absolute atomic E-state index is 11.9. The van der Waals surface area contributed by atoms with Crippen LogP contribution >= 0.6 is 11.3 Å². The van der Waals surface area contributed by atoms with Crippen molar-refractivity contribution in [2.45, 2.75) is 13.0 Å². The van der Waals surface area contributed by atoms with Crippen LogP contribution in [0.4, 0.5) is 10.5 Å². The molecule has 1 atom stereocenters. The van der Waals surface area contributed by atoms with Crippen molar-refractivity contribution >= 4 is 29.0 Å². The first kappa shape index (κ1) is 14.0. The van der Waals surface area contributed by atoms with Gasteiger partial charge in [0.2, 0.25) is 0 Å². The van der Waals surface area contributed by atoms with Crippen LogP contribution < -0.4 is 16.4 Å². The second-order valence-corrected chi connectivity index (χ2v) is 4.90. The van der Waals surface area contributed by atoms with Gasteiger partial charge in [-0.2, -0.15) is 0 Å². The standard InChI is InChI=1S/C13H14N4O2S/c1-8(16-12(18)11-6-20-7-15-11)9-2-4-10(5-3-9)17-13(14)19/h2-8H,1H3,(H,16,18)(H3,14,17,19). The van der Waals surface area contributed by atoms with Crippen molar-refractivity contribution in [3.63, 3.8) is 0 Å². The van der Waals surface area contributed by atoms with E-state index < -0.39 is 6.03 Å². The van der Waals surface area contributed by atoms with Crippen LogP contribution in [0.5, 0.6) is 0 Å². The number of nitrogens with zero attached hydrogens (tertiary/aromatic N) is 1. The predicted molar refractivity (Wildman–Crippen MR) is 77.6 cm³/mol. The lowest BCUT2D eigenvalue weighted by molar-refractivity contribution is 0.0935. The average molecular weight is 290 g/mol. The molecular weight excluding hydrogens is 276 g/mol. The first-order valence-corrected chi connectivity index (χ1v) is 6.86. The Labute approximate surface area is 120 Å². The summed E-state index contributed by atoms with van der Waals surface area (Å²) in [6.07, 6.45) is 0. The molecule has 3 amide bonds. The fraction of sp³-hybridized carbons (Fsp3) is 0.154. The first-order valence-electron chi connectivity index (χ1n) is 5.91. The molecule has 0 bridgehead atoms. The molecule has 0 fully saturated rings. The Kier molecular flexibility index (Phi) is 4.31. The van der Waals surface area contributed by atoms with E-state index in [-0.39, 0.29) is 11.9 Å². The molecule has 1 aromatic heterocycles. The van der Waals surface area contributed by atoms with Gasteiger partial charge in [0.15, 0.2) is 0 Å². The zero-order valence-corrected chi connectivity index (χ0v) is 11.6. The van der Waals surface area contributed by atoms with Gasteiger partial charge in [0, 0.05) is 11.1 Å². The van der Waals surface area contributed by atoms with Crippen LogP contribution in [0.3, 0.4) is 0 Å². The Morgan fingerprint density at radius 2 is 2.00 bits per heavy atom. The lowest BCUT2D eigenvalue weighted by Crippen LogP contribution is -2.26. The summed E-state index contributed by atoms with van der Waals surface area (Å²) in [5, 5.41) is 7.03. The highest BCUT2D eigenvalue weighted by Crippen LogP contribution is 2.16. The number of nitrogens with one attached hydrogen (secondary N) is 2. The Morgan fingerprint density at radius 1 is 1.30 bits per heavy atom. The van der Waals surface area contributed by atoms with Gasteiger partial charge in [-0.15, -0.1) is 11.3 Å². The molecule has 0 aliphatic rings. The summed E-state index contributed by atoms with van der Waals surface area (Å²) in [4.78, 5) is 26.5. The molecule has 0 radical (unpaired) electrons. The largest absolute Gasteiger partial charge is 0.351 e. The maximum atomic E-state index is 11.9. The number of hydrogen-bond acceptors (Lipinski definition) is 4. The van der Waals surface area contributed by atoms with Crippen LogP contribution in [-0.2, 0) is 0 Å². The number of nitrogens with two attached hydrogens (primary N) is 1. The minimum Gasteiger partial charge on any atom is -0.351 e. The van der Waals surface area contributed by atoms with Crippen molar-refractivity contribution < 1.29 is 9.59 Å². The van der Waals surface area contributed by atoms with E-state index in [9.17, 15) is 9.59 Å². The molecule has 4 N–H and O–H groups in total. The summed E-state index contributed by atoms with van der Waals surface area (Å²) in [7, 11) is 0. The number of thiazole rings is 1. The zero-order chi connectivity index (χ0) is 14.5. The number of amides is 3. The summed E-state index contributed by atoms with van der Waals surface area (Å²) >= 11 is 1.37. The van der Waals surface area contributed by atoms with Crippen LogP contribution in [0.1, 0.15) is 29.0 Å². The summed E-state index contributed by atoms with van der Waals surface area (Å²) in [6, 6.07) is 6.32. The normalized spacial score (nSPS) is 11.7. The van der Waals surface area contributed by atoms with Crippen LogP contribution in [0, 0.1) is 0 Å². The Hall–Kier alpha value is -2.41. The average Bonchev–Trinajstić information content (AvgIpc) is 2.92. The quantitative estimate of drug-likeness (QED) is 0.804. The molecule has 20 heavy (non-hydrogen) atoms. The van der Waals surface area contributed by atoms with Crippen molar-refractivity contribution in [2.24, 2.45) is 5.73 Å². The minimum absolute atomic E-state index is 0.160. The Bertz CT molecular complexity index is 595. The Balaban J connectivity index is 2.00. The van der Waals surface area contributed by atoms with Crippen molar-refractivity contribution in [2.75, 3.05) is 5.32 Å². The molecule has 0 spiro atoms. The van der Waals surface area contributed by atoms with Gasteiger partial charge in [-0.3, -0.25) is 4.79 Å². The van der Waals surface area contributed by atoms with Crippen molar-refractivity contribution in [3.05, 3.63) is 46.4 Å². The fourth-order valence-corrected chi connectivity index (χ4v) is 2.21. The van der Waals surface area contributed by atoms with Crippen LogP contribution in [0.2, 0.25) is 0 Å². The van der Waals surface area contributed by atoms with Crippen LogP contribution in [0.25, 0.3) is 0 Å². The highest BCUT2D eigenvalue weighted by molar-refractivity contribution is 7.07. The third kappa shape index (κ3) is 3.55. The molecule has 1 unspecified atom stereocenters. The second kappa shape index (κ2) is 6.16. The molecule has 2 rings (SSSR count). The number of urea groups is 1. The van der Waals surface area contributed by atoms with Gasteiger partial charge in [0.05, 0.1) is 11.6 Å². The molecule has 0 aliphatic carbocycles. The van der Waals surface area contributed by atoms with Crippen LogP contribution in [0.15, 0.2) is 35.2 Å². The number of primary amides is 1. The van der Waals surface area contributed by atoms with E-state index in [2.05, 4.69) is 15.6 Å². The number of anilines is 1. The molecule has 1 aromatic carbocycles. The minimum atomic E-state index is -0.609. The fourth-order valence-electron chi connectivity index (χ4n) is 1.68. The van der Waals surface area contributed by atoms with E-state index in [0.717, 1.165) is 5.56 Å². The molecular formula is C13H14N4O2S. The third-order valence-corrected chi connectivity index (χ3v) is 3.28. The lowest BCUT2D eigenvalue weighted by atomic mass is 10.1. The van der Waals surface area contributed by atoms with Crippen LogP contribution in [-0.4, -0.2) is 16.9 Å². The molecule has 1 heterocycles. The van der Waals surface area contributed by atoms with Gasteiger partial charge in [0.1, 0.15) is 5.69 Å². The first-order chi connectivity index (χ1) is 9.56. The molecule has 7 heteroatoms. The lowest BCUT2D eigenvalue weighted by Gasteiger charge is -2.14. The molecule has 104 valence electrons. The van der Waals surface area contributed by atoms with Gasteiger partial charge >= 0.3 is 6.03 Å². The smallest absolute Gasteiger partial charge is 0.316 e. The number of hydrogen-bond donors (Lipinski definition) is 3. The number of carbonyl (C=O) groups is 2. The third-order valence-electron chi connectivity index (χ3n) is 2.69. The van der Waals surface area contributed by atoms with E-state index >= 15 is 0 Å². The van der Waals surface area contributed by atoms with Crippen molar-refractivity contribution in [1.82, 2.24) is 10.3 Å². The number of aromatic nitrogens is 1. The topological polar surface area (TPSA) is 97.1 Å². The number of benzene rings is 1. The maximum Gasteiger partial charge on any atom is 0.316 e. The van der Waals surface area contributed by atoms with Gasteiger partial charge in [-0.25, -0.2) is 9.78 Å². The van der Waals surface area contributed by atoms with Gasteiger partial charge in [-0.1, -0.05) is 12.1 Å². The number of carbonyl (C=O) groups excluding carboxylic acids is 2. The summed E-state index contributed by atoms with van der Waals surface area (Å²) < 4.78 is 0. The molecule has 0 saturated heterocycles. The summed E-state index contributed by atoms with van der Waals surface area (Å²) in [6.45, 7) is 1.88. The molecule has 0 aliphatic heterocycles. The Morgan fingerprint density at radius 3 is 2.55 bits per heavy atom. The van der Waals surface area contributed by atoms with Crippen molar-refractivity contribution in [1.29, 1.82) is 0 Å². The second-order valence-electron chi connectivity index (χ2n) is 4.18. The zero-order valence-electron chi connectivity index (χ0n) is 10.8.